The van der Waals surface area contributed by atoms with E-state index in [9.17, 15) is 13.2 Å². The highest BCUT2D eigenvalue weighted by atomic mass is 35.5. The summed E-state index contributed by atoms with van der Waals surface area (Å²) in [5.74, 6) is 0.927. The highest BCUT2D eigenvalue weighted by Gasteiger charge is 2.27. The normalized spacial score (nSPS) is 14.1. The van der Waals surface area contributed by atoms with Gasteiger partial charge in [-0.05, 0) is 18.2 Å². The number of hydrogen-bond acceptors (Lipinski definition) is 9. The molecule has 1 aliphatic heterocycles. The molecule has 0 bridgehead atoms. The number of carbonyl (C=O) groups excluding carboxylic acids is 1. The molecule has 0 saturated carbocycles. The molecule has 2 aromatic carbocycles. The monoisotopic (exact) mass is 726 g/mol. The van der Waals surface area contributed by atoms with E-state index in [1.807, 2.05) is 48.7 Å². The van der Waals surface area contributed by atoms with Gasteiger partial charge in [-0.25, -0.2) is 13.4 Å². The molecule has 4 heterocycles. The predicted molar refractivity (Wildman–Crippen MR) is 193 cm³/mol. The molecule has 12 nitrogen and oxygen atoms in total. The highest BCUT2D eigenvalue weighted by Crippen LogP contribution is 2.48. The Labute approximate surface area is 294 Å². The number of benzene rings is 2. The molecule has 0 atom stereocenters. The Bertz CT molecular complexity index is 2170. The Hall–Kier alpha value is -4.30. The average Bonchev–Trinajstić information content (AvgIpc) is 3.58. The van der Waals surface area contributed by atoms with Crippen LogP contribution in [-0.4, -0.2) is 86.8 Å². The van der Waals surface area contributed by atoms with E-state index in [1.165, 1.54) is 24.8 Å². The van der Waals surface area contributed by atoms with Crippen LogP contribution in [0.15, 0.2) is 48.9 Å². The Balaban J connectivity index is 1.49. The molecule has 49 heavy (non-hydrogen) atoms. The zero-order valence-corrected chi connectivity index (χ0v) is 30.2. The van der Waals surface area contributed by atoms with E-state index in [2.05, 4.69) is 15.2 Å². The highest BCUT2D eigenvalue weighted by molar-refractivity contribution is 7.88. The second kappa shape index (κ2) is 13.5. The second-order valence-corrected chi connectivity index (χ2v) is 14.7. The molecule has 258 valence electrons. The molecule has 6 rings (SSSR count). The lowest BCUT2D eigenvalue weighted by Gasteiger charge is -2.36. The van der Waals surface area contributed by atoms with Gasteiger partial charge in [0.2, 0.25) is 15.9 Å². The van der Waals surface area contributed by atoms with E-state index in [-0.39, 0.29) is 11.8 Å². The van der Waals surface area contributed by atoms with Gasteiger partial charge in [-0.1, -0.05) is 37.0 Å². The first-order chi connectivity index (χ1) is 23.4. The van der Waals surface area contributed by atoms with Crippen LogP contribution in [0.5, 0.6) is 17.2 Å². The number of piperazine rings is 1. The third-order valence-corrected chi connectivity index (χ3v) is 10.7. The van der Waals surface area contributed by atoms with Crippen molar-refractivity contribution in [1.29, 1.82) is 0 Å². The summed E-state index contributed by atoms with van der Waals surface area (Å²) in [5, 5.41) is 4.49. The number of imidazole rings is 1. The van der Waals surface area contributed by atoms with Gasteiger partial charge in [-0.3, -0.25) is 14.2 Å². The lowest BCUT2D eigenvalue weighted by Crippen LogP contribution is -2.48. The minimum atomic E-state index is -3.31. The van der Waals surface area contributed by atoms with Gasteiger partial charge in [-0.15, -0.1) is 0 Å². The number of halogens is 2. The Morgan fingerprint density at radius 1 is 0.878 bits per heavy atom. The minimum absolute atomic E-state index is 0.155. The first-order valence-electron chi connectivity index (χ1n) is 15.5. The second-order valence-electron chi connectivity index (χ2n) is 12.0. The summed E-state index contributed by atoms with van der Waals surface area (Å²) in [6.45, 7) is 5.19. The first kappa shape index (κ1) is 34.6. The maximum absolute atomic E-state index is 13.0. The van der Waals surface area contributed by atoms with E-state index < -0.39 is 10.0 Å². The van der Waals surface area contributed by atoms with Crippen molar-refractivity contribution in [3.63, 3.8) is 0 Å². The summed E-state index contributed by atoms with van der Waals surface area (Å²) in [4.78, 5) is 24.5. The van der Waals surface area contributed by atoms with Crippen molar-refractivity contribution in [3.8, 4) is 39.6 Å². The lowest BCUT2D eigenvalue weighted by atomic mass is 10.0. The van der Waals surface area contributed by atoms with Gasteiger partial charge < -0.3 is 24.4 Å². The van der Waals surface area contributed by atoms with Gasteiger partial charge in [0, 0.05) is 84.9 Å². The van der Waals surface area contributed by atoms with E-state index in [4.69, 9.17) is 42.4 Å². The van der Waals surface area contributed by atoms with Crippen LogP contribution in [0.1, 0.15) is 13.8 Å². The molecular weight excluding hydrogens is 691 g/mol. The van der Waals surface area contributed by atoms with Crippen molar-refractivity contribution in [2.45, 2.75) is 13.8 Å². The van der Waals surface area contributed by atoms with Crippen molar-refractivity contribution in [3.05, 3.63) is 59.0 Å². The summed E-state index contributed by atoms with van der Waals surface area (Å²) >= 11 is 13.6. The summed E-state index contributed by atoms with van der Waals surface area (Å²) in [5.41, 5.74) is 5.14. The molecule has 5 aromatic rings. The molecule has 0 radical (unpaired) electrons. The number of anilines is 2. The van der Waals surface area contributed by atoms with Gasteiger partial charge in [0.1, 0.15) is 22.9 Å². The number of fused-ring (bicyclic) bond motifs is 3. The molecule has 1 N–H and O–H groups in total. The molecule has 1 saturated heterocycles. The molecule has 15 heteroatoms. The Kier molecular flexibility index (Phi) is 9.55. The van der Waals surface area contributed by atoms with Gasteiger partial charge in [-0.2, -0.15) is 4.31 Å². The summed E-state index contributed by atoms with van der Waals surface area (Å²) in [6, 6.07) is 9.21. The Morgan fingerprint density at radius 2 is 1.53 bits per heavy atom. The van der Waals surface area contributed by atoms with E-state index in [0.29, 0.717) is 87.2 Å². The number of nitrogens with one attached hydrogen (secondary N) is 1. The van der Waals surface area contributed by atoms with Crippen LogP contribution in [0, 0.1) is 5.92 Å². The van der Waals surface area contributed by atoms with Crippen LogP contribution in [0.2, 0.25) is 10.0 Å². The van der Waals surface area contributed by atoms with Crippen LogP contribution in [0.3, 0.4) is 0 Å². The third kappa shape index (κ3) is 6.43. The van der Waals surface area contributed by atoms with Gasteiger partial charge >= 0.3 is 0 Å². The first-order valence-corrected chi connectivity index (χ1v) is 18.1. The topological polar surface area (TPSA) is 128 Å². The predicted octanol–water partition coefficient (Wildman–Crippen LogP) is 6.23. The summed E-state index contributed by atoms with van der Waals surface area (Å²) in [7, 11) is 1.31. The van der Waals surface area contributed by atoms with E-state index in [0.717, 1.165) is 16.6 Å². The number of pyridine rings is 2. The average molecular weight is 728 g/mol. The van der Waals surface area contributed by atoms with Crippen molar-refractivity contribution >= 4 is 67.1 Å². The third-order valence-electron chi connectivity index (χ3n) is 8.62. The zero-order chi connectivity index (χ0) is 35.2. The van der Waals surface area contributed by atoms with Crippen molar-refractivity contribution in [2.24, 2.45) is 5.92 Å². The fraction of sp³-hybridized carbons (Fsp3) is 0.324. The van der Waals surface area contributed by atoms with Gasteiger partial charge in [0.05, 0.1) is 60.2 Å². The number of ether oxygens (including phenoxy) is 3. The molecule has 1 amide bonds. The number of hydrogen-bond donors (Lipinski definition) is 1. The SMILES string of the molecule is COc1cc(N2CCN(S(C)(=O)=O)CC2)c(NC(=O)C(C)C)cc1-c1cc2c(cn1)cc(-c1c(Cl)c(OC)cc(OC)c1Cl)c1nccn12. The van der Waals surface area contributed by atoms with Crippen LogP contribution in [-0.2, 0) is 14.8 Å². The van der Waals surface area contributed by atoms with Crippen LogP contribution < -0.4 is 24.4 Å². The number of methoxy groups -OCH3 is 3. The van der Waals surface area contributed by atoms with E-state index >= 15 is 0 Å². The molecular formula is C34H36Cl2N6O6S. The number of nitrogens with zero attached hydrogens (tertiary/aromatic N) is 5. The van der Waals surface area contributed by atoms with Gasteiger partial charge in [0.25, 0.3) is 0 Å². The maximum Gasteiger partial charge on any atom is 0.226 e. The lowest BCUT2D eigenvalue weighted by molar-refractivity contribution is -0.118. The van der Waals surface area contributed by atoms with Crippen molar-refractivity contribution in [2.75, 3.05) is 64.0 Å². The zero-order valence-electron chi connectivity index (χ0n) is 27.9. The molecule has 0 unspecified atom stereocenters. The number of aromatic nitrogens is 3. The van der Waals surface area contributed by atoms with Crippen LogP contribution in [0.4, 0.5) is 11.4 Å². The number of carbonyl (C=O) groups is 1. The van der Waals surface area contributed by atoms with Crippen LogP contribution >= 0.6 is 23.2 Å². The van der Waals surface area contributed by atoms with Crippen molar-refractivity contribution < 1.29 is 27.4 Å². The summed E-state index contributed by atoms with van der Waals surface area (Å²) in [6.07, 6.45) is 6.49. The van der Waals surface area contributed by atoms with Gasteiger partial charge in [0.15, 0.2) is 0 Å². The number of amides is 1. The fourth-order valence-corrected chi connectivity index (χ4v) is 7.51. The van der Waals surface area contributed by atoms with Crippen LogP contribution in [0.25, 0.3) is 38.9 Å². The molecule has 1 aliphatic rings. The Morgan fingerprint density at radius 3 is 2.12 bits per heavy atom. The fourth-order valence-electron chi connectivity index (χ4n) is 5.98. The number of rotatable bonds is 9. The summed E-state index contributed by atoms with van der Waals surface area (Å²) < 4.78 is 44.6. The van der Waals surface area contributed by atoms with E-state index in [1.54, 1.807) is 25.6 Å². The largest absolute Gasteiger partial charge is 0.496 e. The smallest absolute Gasteiger partial charge is 0.226 e. The molecule has 0 spiro atoms. The number of sulfonamides is 1. The van der Waals surface area contributed by atoms with Crippen molar-refractivity contribution in [1.82, 2.24) is 18.7 Å². The standard InChI is InChI=1S/C34H36Cl2N6O6S/c1-19(2)34(43)39-24-14-21(27(46-3)16-26(24)40-9-11-41(12-10-40)49(6,44)45)23-15-25-20(18-38-23)13-22(33-37-7-8-42(25)33)30-31(35)28(47-4)17-29(48-5)32(30)36/h7-8,13-19H,9-12H2,1-6H3,(H,39,43). The maximum atomic E-state index is 13.0. The molecule has 3 aromatic heterocycles. The molecule has 1 fully saturated rings. The molecule has 0 aliphatic carbocycles. The minimum Gasteiger partial charge on any atom is -0.496 e. The quantitative estimate of drug-likeness (QED) is 0.188.